The molecule has 0 spiro atoms. The Bertz CT molecular complexity index is 1390. The zero-order chi connectivity index (χ0) is 23.7. The summed E-state index contributed by atoms with van der Waals surface area (Å²) in [5, 5.41) is 0.916. The Hall–Kier alpha value is -3.29. The minimum atomic E-state index is -3.93. The quantitative estimate of drug-likeness (QED) is 0.381. The maximum absolute atomic E-state index is 13.6. The average Bonchev–Trinajstić information content (AvgIpc) is 3.12. The predicted octanol–water partition coefficient (Wildman–Crippen LogP) is 5.79. The summed E-state index contributed by atoms with van der Waals surface area (Å²) in [5.41, 5.74) is 2.61. The summed E-state index contributed by atoms with van der Waals surface area (Å²) in [6.07, 6.45) is 0.745. The second-order valence-electron chi connectivity index (χ2n) is 8.68. The summed E-state index contributed by atoms with van der Waals surface area (Å²) in [7, 11) is -3.93. The number of nitrogens with one attached hydrogen (secondary N) is 1. The van der Waals surface area contributed by atoms with E-state index in [0.717, 1.165) is 22.9 Å². The van der Waals surface area contributed by atoms with E-state index < -0.39 is 16.1 Å². The molecule has 7 heteroatoms. The van der Waals surface area contributed by atoms with Crippen LogP contribution in [0.25, 0.3) is 11.0 Å². The molecule has 0 bridgehead atoms. The first-order valence-electron chi connectivity index (χ1n) is 11.4. The predicted molar refractivity (Wildman–Crippen MR) is 131 cm³/mol. The third kappa shape index (κ3) is 4.41. The minimum Gasteiger partial charge on any atom is -0.490 e. The number of furan rings is 1. The summed E-state index contributed by atoms with van der Waals surface area (Å²) in [6.45, 7) is 5.20. The maximum Gasteiger partial charge on any atom is 0.241 e. The molecule has 34 heavy (non-hydrogen) atoms. The molecule has 1 unspecified atom stereocenters. The molecule has 0 saturated carbocycles. The number of hydrogen-bond donors (Lipinski definition) is 1. The molecule has 1 N–H and O–H groups in total. The lowest BCUT2D eigenvalue weighted by Crippen LogP contribution is -2.30. The number of ether oxygens (including phenoxy) is 2. The van der Waals surface area contributed by atoms with Gasteiger partial charge in [-0.05, 0) is 41.3 Å². The van der Waals surface area contributed by atoms with Gasteiger partial charge in [-0.25, -0.2) is 8.42 Å². The van der Waals surface area contributed by atoms with Gasteiger partial charge in [0.15, 0.2) is 11.5 Å². The third-order valence-corrected chi connectivity index (χ3v) is 7.38. The Morgan fingerprint density at radius 2 is 1.53 bits per heavy atom. The smallest absolute Gasteiger partial charge is 0.241 e. The SMILES string of the molecule is CC(C)c1ccccc1C(NS(=O)(=O)c1ccc2c(c1)OCCCO2)c1cc2ccccc2o1. The second kappa shape index (κ2) is 9.16. The molecule has 0 saturated heterocycles. The van der Waals surface area contributed by atoms with Crippen molar-refractivity contribution in [2.24, 2.45) is 0 Å². The van der Waals surface area contributed by atoms with Gasteiger partial charge in [0.1, 0.15) is 17.4 Å². The van der Waals surface area contributed by atoms with Crippen molar-refractivity contribution in [1.29, 1.82) is 0 Å². The molecule has 2 heterocycles. The van der Waals surface area contributed by atoms with Crippen molar-refractivity contribution in [2.45, 2.75) is 37.1 Å². The van der Waals surface area contributed by atoms with Crippen LogP contribution in [0.2, 0.25) is 0 Å². The van der Waals surface area contributed by atoms with Crippen LogP contribution in [0.15, 0.2) is 82.1 Å². The van der Waals surface area contributed by atoms with E-state index in [1.807, 2.05) is 54.6 Å². The van der Waals surface area contributed by atoms with E-state index >= 15 is 0 Å². The van der Waals surface area contributed by atoms with Crippen molar-refractivity contribution >= 4 is 21.0 Å². The van der Waals surface area contributed by atoms with E-state index in [2.05, 4.69) is 18.6 Å². The van der Waals surface area contributed by atoms with Crippen molar-refractivity contribution in [3.05, 3.63) is 89.7 Å². The van der Waals surface area contributed by atoms with Crippen LogP contribution in [0.3, 0.4) is 0 Å². The average molecular weight is 478 g/mol. The highest BCUT2D eigenvalue weighted by Crippen LogP contribution is 2.36. The van der Waals surface area contributed by atoms with Crippen molar-refractivity contribution in [3.63, 3.8) is 0 Å². The summed E-state index contributed by atoms with van der Waals surface area (Å²) in [4.78, 5) is 0.111. The van der Waals surface area contributed by atoms with Gasteiger partial charge in [0, 0.05) is 17.9 Å². The van der Waals surface area contributed by atoms with Crippen LogP contribution in [-0.2, 0) is 10.0 Å². The second-order valence-corrected chi connectivity index (χ2v) is 10.4. The van der Waals surface area contributed by atoms with Gasteiger partial charge in [0.05, 0.1) is 18.1 Å². The van der Waals surface area contributed by atoms with Crippen LogP contribution in [0.1, 0.15) is 49.1 Å². The number of sulfonamides is 1. The molecule has 176 valence electrons. The molecule has 6 nitrogen and oxygen atoms in total. The highest BCUT2D eigenvalue weighted by Gasteiger charge is 2.29. The van der Waals surface area contributed by atoms with E-state index in [1.165, 1.54) is 6.07 Å². The molecule has 1 aromatic heterocycles. The Morgan fingerprint density at radius 1 is 0.824 bits per heavy atom. The molecule has 1 atom stereocenters. The molecule has 1 aliphatic heterocycles. The van der Waals surface area contributed by atoms with Crippen LogP contribution in [0.4, 0.5) is 0 Å². The Labute approximate surface area is 199 Å². The zero-order valence-electron chi connectivity index (χ0n) is 19.2. The van der Waals surface area contributed by atoms with Crippen LogP contribution in [-0.4, -0.2) is 21.6 Å². The fourth-order valence-electron chi connectivity index (χ4n) is 4.25. The largest absolute Gasteiger partial charge is 0.490 e. The standard InChI is InChI=1S/C27H27NO5S/c1-18(2)21-9-4-5-10-22(21)27(26-16-19-8-3-6-11-23(19)33-26)28-34(29,30)20-12-13-24-25(17-20)32-15-7-14-31-24/h3-6,8-13,16-18,27-28H,7,14-15H2,1-2H3. The zero-order valence-corrected chi connectivity index (χ0v) is 20.0. The fraction of sp³-hybridized carbons (Fsp3) is 0.259. The number of para-hydroxylation sites is 1. The van der Waals surface area contributed by atoms with Gasteiger partial charge in [-0.15, -0.1) is 0 Å². The first kappa shape index (κ1) is 22.5. The maximum atomic E-state index is 13.6. The van der Waals surface area contributed by atoms with Crippen LogP contribution in [0, 0.1) is 0 Å². The fourth-order valence-corrected chi connectivity index (χ4v) is 5.45. The lowest BCUT2D eigenvalue weighted by Gasteiger charge is -2.22. The van der Waals surface area contributed by atoms with Crippen molar-refractivity contribution in [1.82, 2.24) is 4.72 Å². The van der Waals surface area contributed by atoms with Crippen molar-refractivity contribution in [2.75, 3.05) is 13.2 Å². The Morgan fingerprint density at radius 3 is 2.29 bits per heavy atom. The van der Waals surface area contributed by atoms with E-state index in [0.29, 0.717) is 36.1 Å². The topological polar surface area (TPSA) is 77.8 Å². The number of rotatable bonds is 6. The molecular weight excluding hydrogens is 450 g/mol. The Balaban J connectivity index is 1.59. The molecule has 3 aromatic carbocycles. The summed E-state index contributed by atoms with van der Waals surface area (Å²) in [5.74, 6) is 1.72. The lowest BCUT2D eigenvalue weighted by atomic mass is 9.92. The summed E-state index contributed by atoms with van der Waals surface area (Å²) >= 11 is 0. The minimum absolute atomic E-state index is 0.111. The molecule has 0 aliphatic carbocycles. The molecule has 1 aliphatic rings. The number of benzene rings is 3. The van der Waals surface area contributed by atoms with Gasteiger partial charge in [-0.3, -0.25) is 0 Å². The molecule has 4 aromatic rings. The van der Waals surface area contributed by atoms with Gasteiger partial charge < -0.3 is 13.9 Å². The number of hydrogen-bond acceptors (Lipinski definition) is 5. The monoisotopic (exact) mass is 477 g/mol. The molecule has 5 rings (SSSR count). The van der Waals surface area contributed by atoms with Gasteiger partial charge in [-0.1, -0.05) is 56.3 Å². The van der Waals surface area contributed by atoms with Crippen LogP contribution < -0.4 is 14.2 Å². The number of fused-ring (bicyclic) bond motifs is 2. The van der Waals surface area contributed by atoms with Gasteiger partial charge >= 0.3 is 0 Å². The van der Waals surface area contributed by atoms with Crippen LogP contribution in [0.5, 0.6) is 11.5 Å². The highest BCUT2D eigenvalue weighted by atomic mass is 32.2. The lowest BCUT2D eigenvalue weighted by molar-refractivity contribution is 0.297. The molecular formula is C27H27NO5S. The van der Waals surface area contributed by atoms with E-state index in [-0.39, 0.29) is 10.8 Å². The first-order chi connectivity index (χ1) is 16.4. The van der Waals surface area contributed by atoms with Gasteiger partial charge in [0.2, 0.25) is 10.0 Å². The van der Waals surface area contributed by atoms with E-state index in [9.17, 15) is 8.42 Å². The van der Waals surface area contributed by atoms with Crippen LogP contribution >= 0.6 is 0 Å². The van der Waals surface area contributed by atoms with E-state index in [1.54, 1.807) is 12.1 Å². The molecule has 0 amide bonds. The Kier molecular flexibility index (Phi) is 6.06. The normalized spacial score (nSPS) is 14.8. The van der Waals surface area contributed by atoms with Gasteiger partial charge in [-0.2, -0.15) is 4.72 Å². The van der Waals surface area contributed by atoms with Crippen molar-refractivity contribution in [3.8, 4) is 11.5 Å². The summed E-state index contributed by atoms with van der Waals surface area (Å²) < 4.78 is 47.6. The molecule has 0 radical (unpaired) electrons. The van der Waals surface area contributed by atoms with Crippen molar-refractivity contribution < 1.29 is 22.3 Å². The highest BCUT2D eigenvalue weighted by molar-refractivity contribution is 7.89. The molecule has 0 fully saturated rings. The van der Waals surface area contributed by atoms with Gasteiger partial charge in [0.25, 0.3) is 0 Å². The van der Waals surface area contributed by atoms with E-state index in [4.69, 9.17) is 13.9 Å². The first-order valence-corrected chi connectivity index (χ1v) is 12.9. The summed E-state index contributed by atoms with van der Waals surface area (Å²) in [6, 6.07) is 21.4. The third-order valence-electron chi connectivity index (χ3n) is 5.96.